The van der Waals surface area contributed by atoms with E-state index in [9.17, 15) is 4.79 Å². The van der Waals surface area contributed by atoms with Gasteiger partial charge in [0.05, 0.1) is 5.41 Å². The van der Waals surface area contributed by atoms with E-state index in [2.05, 4.69) is 19.2 Å². The van der Waals surface area contributed by atoms with Crippen molar-refractivity contribution in [1.82, 2.24) is 0 Å². The molecule has 0 spiro atoms. The maximum Gasteiger partial charge on any atom is 0.231 e. The van der Waals surface area contributed by atoms with Crippen molar-refractivity contribution in [1.29, 1.82) is 0 Å². The molecule has 0 saturated heterocycles. The molecule has 1 aromatic rings. The number of nitrogens with one attached hydrogen (secondary N) is 1. The smallest absolute Gasteiger partial charge is 0.231 e. The van der Waals surface area contributed by atoms with E-state index in [1.165, 1.54) is 5.56 Å². The Labute approximate surface area is 110 Å². The van der Waals surface area contributed by atoms with Crippen LogP contribution in [0.4, 0.5) is 5.69 Å². The number of amides is 1. The van der Waals surface area contributed by atoms with Crippen molar-refractivity contribution in [2.24, 2.45) is 11.1 Å². The second-order valence-corrected chi connectivity index (χ2v) is 5.35. The maximum atomic E-state index is 12.1. The van der Waals surface area contributed by atoms with Gasteiger partial charge in [-0.1, -0.05) is 32.9 Å². The second kappa shape index (κ2) is 6.01. The summed E-state index contributed by atoms with van der Waals surface area (Å²) < 4.78 is 0. The molecule has 0 heterocycles. The van der Waals surface area contributed by atoms with E-state index < -0.39 is 5.41 Å². The number of carbonyl (C=O) groups excluding carboxylic acids is 1. The summed E-state index contributed by atoms with van der Waals surface area (Å²) >= 11 is 0. The summed E-state index contributed by atoms with van der Waals surface area (Å²) in [5, 5.41) is 2.93. The molecule has 100 valence electrons. The number of rotatable bonds is 5. The molecule has 1 atom stereocenters. The lowest BCUT2D eigenvalue weighted by atomic mass is 9.86. The van der Waals surface area contributed by atoms with Gasteiger partial charge in [0.25, 0.3) is 0 Å². The zero-order chi connectivity index (χ0) is 13.8. The van der Waals surface area contributed by atoms with E-state index in [4.69, 9.17) is 5.73 Å². The SMILES string of the molecule is CCC(C)(CN)C(=O)Nc1ccc(C(C)C)cc1. The standard InChI is InChI=1S/C15H24N2O/c1-5-15(4,10-16)14(18)17-13-8-6-12(7-9-13)11(2)3/h6-9,11H,5,10,16H2,1-4H3,(H,17,18). The lowest BCUT2D eigenvalue weighted by Crippen LogP contribution is -2.39. The van der Waals surface area contributed by atoms with Crippen molar-refractivity contribution < 1.29 is 4.79 Å². The molecule has 1 aromatic carbocycles. The molecule has 0 aliphatic rings. The number of benzene rings is 1. The van der Waals surface area contributed by atoms with Crippen molar-refractivity contribution in [3.8, 4) is 0 Å². The van der Waals surface area contributed by atoms with Crippen LogP contribution in [0, 0.1) is 5.41 Å². The van der Waals surface area contributed by atoms with E-state index in [1.54, 1.807) is 0 Å². The first-order chi connectivity index (χ1) is 8.42. The molecule has 1 amide bonds. The van der Waals surface area contributed by atoms with Gasteiger partial charge in [-0.25, -0.2) is 0 Å². The topological polar surface area (TPSA) is 55.1 Å². The zero-order valence-corrected chi connectivity index (χ0v) is 11.8. The predicted octanol–water partition coefficient (Wildman–Crippen LogP) is 3.12. The Morgan fingerprint density at radius 3 is 2.28 bits per heavy atom. The molecule has 0 saturated carbocycles. The Morgan fingerprint density at radius 2 is 1.89 bits per heavy atom. The molecule has 0 bridgehead atoms. The number of anilines is 1. The van der Waals surface area contributed by atoms with Crippen LogP contribution in [0.5, 0.6) is 0 Å². The van der Waals surface area contributed by atoms with Crippen molar-refractivity contribution in [3.05, 3.63) is 29.8 Å². The van der Waals surface area contributed by atoms with Gasteiger partial charge >= 0.3 is 0 Å². The van der Waals surface area contributed by atoms with Crippen LogP contribution in [0.3, 0.4) is 0 Å². The van der Waals surface area contributed by atoms with Gasteiger partial charge in [0, 0.05) is 12.2 Å². The van der Waals surface area contributed by atoms with Crippen molar-refractivity contribution in [3.63, 3.8) is 0 Å². The van der Waals surface area contributed by atoms with Crippen LogP contribution in [0.25, 0.3) is 0 Å². The summed E-state index contributed by atoms with van der Waals surface area (Å²) in [5.41, 5.74) is 7.29. The van der Waals surface area contributed by atoms with E-state index in [1.807, 2.05) is 38.1 Å². The van der Waals surface area contributed by atoms with Crippen LogP contribution in [-0.4, -0.2) is 12.5 Å². The molecule has 0 fully saturated rings. The molecule has 0 aliphatic heterocycles. The second-order valence-electron chi connectivity index (χ2n) is 5.35. The van der Waals surface area contributed by atoms with Crippen molar-refractivity contribution in [2.45, 2.75) is 40.0 Å². The third-order valence-electron chi connectivity index (χ3n) is 3.61. The minimum absolute atomic E-state index is 0.00945. The quantitative estimate of drug-likeness (QED) is 0.841. The number of carbonyl (C=O) groups is 1. The Bertz CT molecular complexity index is 391. The zero-order valence-electron chi connectivity index (χ0n) is 11.8. The van der Waals surface area contributed by atoms with Gasteiger partial charge in [-0.2, -0.15) is 0 Å². The average Bonchev–Trinajstić information content (AvgIpc) is 2.38. The van der Waals surface area contributed by atoms with Crippen LogP contribution in [-0.2, 0) is 4.79 Å². The van der Waals surface area contributed by atoms with E-state index in [-0.39, 0.29) is 5.91 Å². The van der Waals surface area contributed by atoms with E-state index in [0.717, 1.165) is 12.1 Å². The summed E-state index contributed by atoms with van der Waals surface area (Å²) in [6.45, 7) is 8.53. The van der Waals surface area contributed by atoms with Crippen LogP contribution in [0.1, 0.15) is 45.6 Å². The van der Waals surface area contributed by atoms with Crippen LogP contribution in [0.15, 0.2) is 24.3 Å². The molecule has 1 unspecified atom stereocenters. The van der Waals surface area contributed by atoms with E-state index >= 15 is 0 Å². The number of hydrogen-bond donors (Lipinski definition) is 2. The highest BCUT2D eigenvalue weighted by Gasteiger charge is 2.29. The first-order valence-electron chi connectivity index (χ1n) is 6.54. The first kappa shape index (κ1) is 14.7. The van der Waals surface area contributed by atoms with E-state index in [0.29, 0.717) is 12.5 Å². The van der Waals surface area contributed by atoms with Gasteiger partial charge < -0.3 is 11.1 Å². The minimum atomic E-state index is -0.489. The van der Waals surface area contributed by atoms with Gasteiger partial charge in [0.1, 0.15) is 0 Å². The first-order valence-corrected chi connectivity index (χ1v) is 6.54. The largest absolute Gasteiger partial charge is 0.329 e. The molecule has 0 aromatic heterocycles. The molecule has 3 heteroatoms. The molecular weight excluding hydrogens is 224 g/mol. The summed E-state index contributed by atoms with van der Waals surface area (Å²) in [6, 6.07) is 7.98. The molecule has 18 heavy (non-hydrogen) atoms. The van der Waals surface area contributed by atoms with Gasteiger partial charge in [-0.3, -0.25) is 4.79 Å². The predicted molar refractivity (Wildman–Crippen MR) is 76.6 cm³/mol. The van der Waals surface area contributed by atoms with Gasteiger partial charge in [0.2, 0.25) is 5.91 Å². The van der Waals surface area contributed by atoms with Crippen molar-refractivity contribution >= 4 is 11.6 Å². The molecule has 1 rings (SSSR count). The van der Waals surface area contributed by atoms with Gasteiger partial charge in [-0.15, -0.1) is 0 Å². The Morgan fingerprint density at radius 1 is 1.33 bits per heavy atom. The molecular formula is C15H24N2O. The van der Waals surface area contributed by atoms with Crippen LogP contribution in [0.2, 0.25) is 0 Å². The molecule has 3 N–H and O–H groups in total. The van der Waals surface area contributed by atoms with Crippen molar-refractivity contribution in [2.75, 3.05) is 11.9 Å². The highest BCUT2D eigenvalue weighted by Crippen LogP contribution is 2.23. The fourth-order valence-electron chi connectivity index (χ4n) is 1.63. The Hall–Kier alpha value is -1.35. The Kier molecular flexibility index (Phi) is 4.91. The fourth-order valence-corrected chi connectivity index (χ4v) is 1.63. The van der Waals surface area contributed by atoms with Crippen LogP contribution < -0.4 is 11.1 Å². The summed E-state index contributed by atoms with van der Waals surface area (Å²) in [6.07, 6.45) is 0.736. The summed E-state index contributed by atoms with van der Waals surface area (Å²) in [7, 11) is 0. The summed E-state index contributed by atoms with van der Waals surface area (Å²) in [4.78, 5) is 12.1. The third-order valence-corrected chi connectivity index (χ3v) is 3.61. The summed E-state index contributed by atoms with van der Waals surface area (Å²) in [5.74, 6) is 0.490. The molecule has 0 aliphatic carbocycles. The average molecular weight is 248 g/mol. The molecule has 0 radical (unpaired) electrons. The third kappa shape index (κ3) is 3.33. The van der Waals surface area contributed by atoms with Gasteiger partial charge in [0.15, 0.2) is 0 Å². The lowest BCUT2D eigenvalue weighted by molar-refractivity contribution is -0.124. The number of nitrogens with two attached hydrogens (primary N) is 1. The maximum absolute atomic E-state index is 12.1. The minimum Gasteiger partial charge on any atom is -0.329 e. The lowest BCUT2D eigenvalue weighted by Gasteiger charge is -2.25. The highest BCUT2D eigenvalue weighted by molar-refractivity contribution is 5.95. The molecule has 3 nitrogen and oxygen atoms in total. The Balaban J connectivity index is 2.76. The monoisotopic (exact) mass is 248 g/mol. The fraction of sp³-hybridized carbons (Fsp3) is 0.533. The van der Waals surface area contributed by atoms with Gasteiger partial charge in [-0.05, 0) is 37.0 Å². The highest BCUT2D eigenvalue weighted by atomic mass is 16.2. The normalized spacial score (nSPS) is 14.3. The van der Waals surface area contributed by atoms with Crippen LogP contribution >= 0.6 is 0 Å². The number of hydrogen-bond acceptors (Lipinski definition) is 2.